The van der Waals surface area contributed by atoms with Crippen LogP contribution in [0.2, 0.25) is 0 Å². The second kappa shape index (κ2) is 7.25. The Balaban J connectivity index is 2.00. The Kier molecular flexibility index (Phi) is 5.36. The third kappa shape index (κ3) is 4.45. The molecular weight excluding hydrogens is 272 g/mol. The molecule has 4 heteroatoms. The average molecular weight is 298 g/mol. The zero-order valence-corrected chi connectivity index (χ0v) is 13.9. The van der Waals surface area contributed by atoms with Gasteiger partial charge >= 0.3 is 0 Å². The molecule has 1 unspecified atom stereocenters. The SMILES string of the molecule is CCNc1ccnc(NC(C)CC(C)(C)c2ccccc2)n1. The van der Waals surface area contributed by atoms with Crippen LogP contribution in [0.15, 0.2) is 42.6 Å². The standard InChI is InChI=1S/C18H26N4/c1-5-19-16-11-12-20-17(22-16)21-14(2)13-18(3,4)15-9-7-6-8-10-15/h6-12,14H,5,13H2,1-4H3,(H2,19,20,21,22). The summed E-state index contributed by atoms with van der Waals surface area (Å²) in [6.45, 7) is 9.63. The van der Waals surface area contributed by atoms with Gasteiger partial charge in [0.25, 0.3) is 0 Å². The molecule has 0 bridgehead atoms. The van der Waals surface area contributed by atoms with Gasteiger partial charge < -0.3 is 10.6 Å². The summed E-state index contributed by atoms with van der Waals surface area (Å²) < 4.78 is 0. The van der Waals surface area contributed by atoms with E-state index in [9.17, 15) is 0 Å². The first-order chi connectivity index (χ1) is 10.5. The first-order valence-corrected chi connectivity index (χ1v) is 7.90. The smallest absolute Gasteiger partial charge is 0.224 e. The molecule has 4 nitrogen and oxygen atoms in total. The van der Waals surface area contributed by atoms with Crippen molar-refractivity contribution in [1.82, 2.24) is 9.97 Å². The molecule has 1 atom stereocenters. The van der Waals surface area contributed by atoms with E-state index >= 15 is 0 Å². The second-order valence-corrected chi connectivity index (χ2v) is 6.30. The van der Waals surface area contributed by atoms with Crippen LogP contribution in [0.5, 0.6) is 0 Å². The minimum Gasteiger partial charge on any atom is -0.370 e. The summed E-state index contributed by atoms with van der Waals surface area (Å²) in [5.41, 5.74) is 1.46. The molecule has 0 fully saturated rings. The molecule has 22 heavy (non-hydrogen) atoms. The molecule has 0 saturated heterocycles. The summed E-state index contributed by atoms with van der Waals surface area (Å²) in [4.78, 5) is 8.77. The maximum atomic E-state index is 4.47. The molecule has 0 saturated carbocycles. The number of hydrogen-bond donors (Lipinski definition) is 2. The Labute approximate surface area is 133 Å². The molecule has 118 valence electrons. The lowest BCUT2D eigenvalue weighted by Gasteiger charge is -2.29. The molecule has 2 N–H and O–H groups in total. The highest BCUT2D eigenvalue weighted by Crippen LogP contribution is 2.28. The van der Waals surface area contributed by atoms with E-state index in [4.69, 9.17) is 0 Å². The van der Waals surface area contributed by atoms with E-state index in [0.717, 1.165) is 18.8 Å². The van der Waals surface area contributed by atoms with Gasteiger partial charge in [0, 0.05) is 18.8 Å². The topological polar surface area (TPSA) is 49.8 Å². The van der Waals surface area contributed by atoms with Gasteiger partial charge in [-0.25, -0.2) is 4.98 Å². The molecule has 2 rings (SSSR count). The molecule has 0 amide bonds. The molecule has 0 aliphatic rings. The molecule has 1 aromatic carbocycles. The summed E-state index contributed by atoms with van der Waals surface area (Å²) in [5, 5.41) is 6.61. The van der Waals surface area contributed by atoms with Gasteiger partial charge in [0.05, 0.1) is 0 Å². The van der Waals surface area contributed by atoms with E-state index in [2.05, 4.69) is 78.6 Å². The van der Waals surface area contributed by atoms with Crippen LogP contribution in [0, 0.1) is 0 Å². The van der Waals surface area contributed by atoms with Crippen LogP contribution in [0.1, 0.15) is 39.7 Å². The zero-order valence-electron chi connectivity index (χ0n) is 13.9. The largest absolute Gasteiger partial charge is 0.370 e. The Bertz CT molecular complexity index is 581. The van der Waals surface area contributed by atoms with Crippen molar-refractivity contribution < 1.29 is 0 Å². The van der Waals surface area contributed by atoms with Crippen LogP contribution in [-0.4, -0.2) is 22.6 Å². The number of aromatic nitrogens is 2. The lowest BCUT2D eigenvalue weighted by atomic mass is 9.79. The minimum absolute atomic E-state index is 0.104. The van der Waals surface area contributed by atoms with Gasteiger partial charge in [0.15, 0.2) is 0 Å². The van der Waals surface area contributed by atoms with Gasteiger partial charge in [-0.2, -0.15) is 4.98 Å². The predicted octanol–water partition coefficient (Wildman–Crippen LogP) is 4.08. The first-order valence-electron chi connectivity index (χ1n) is 7.90. The van der Waals surface area contributed by atoms with Gasteiger partial charge in [0.2, 0.25) is 5.95 Å². The molecule has 0 aliphatic carbocycles. The van der Waals surface area contributed by atoms with Crippen LogP contribution in [0.3, 0.4) is 0 Å². The number of rotatable bonds is 7. The molecule has 0 radical (unpaired) electrons. The lowest BCUT2D eigenvalue weighted by Crippen LogP contribution is -2.28. The summed E-state index contributed by atoms with van der Waals surface area (Å²) in [6, 6.07) is 12.8. The molecule has 0 spiro atoms. The molecule has 0 aliphatic heterocycles. The lowest BCUT2D eigenvalue weighted by molar-refractivity contribution is 0.449. The highest BCUT2D eigenvalue weighted by atomic mass is 15.1. The van der Waals surface area contributed by atoms with Crippen molar-refractivity contribution >= 4 is 11.8 Å². The van der Waals surface area contributed by atoms with Crippen LogP contribution in [0.4, 0.5) is 11.8 Å². The molecule has 1 heterocycles. The summed E-state index contributed by atoms with van der Waals surface area (Å²) >= 11 is 0. The van der Waals surface area contributed by atoms with Crippen molar-refractivity contribution in [3.63, 3.8) is 0 Å². The Morgan fingerprint density at radius 1 is 1.14 bits per heavy atom. The Hall–Kier alpha value is -2.10. The van der Waals surface area contributed by atoms with E-state index in [1.165, 1.54) is 5.56 Å². The number of benzene rings is 1. The van der Waals surface area contributed by atoms with Gasteiger partial charge in [-0.15, -0.1) is 0 Å². The van der Waals surface area contributed by atoms with Crippen LogP contribution < -0.4 is 10.6 Å². The van der Waals surface area contributed by atoms with Crippen molar-refractivity contribution in [2.45, 2.75) is 45.6 Å². The van der Waals surface area contributed by atoms with Crippen molar-refractivity contribution in [2.75, 3.05) is 17.2 Å². The number of anilines is 2. The van der Waals surface area contributed by atoms with Crippen molar-refractivity contribution in [2.24, 2.45) is 0 Å². The molecule has 1 aromatic heterocycles. The predicted molar refractivity (Wildman–Crippen MR) is 93.4 cm³/mol. The Morgan fingerprint density at radius 3 is 2.55 bits per heavy atom. The third-order valence-corrected chi connectivity index (χ3v) is 3.76. The van der Waals surface area contributed by atoms with Crippen molar-refractivity contribution in [3.8, 4) is 0 Å². The summed E-state index contributed by atoms with van der Waals surface area (Å²) in [5.74, 6) is 1.53. The quantitative estimate of drug-likeness (QED) is 0.809. The second-order valence-electron chi connectivity index (χ2n) is 6.30. The highest BCUT2D eigenvalue weighted by Gasteiger charge is 2.23. The summed E-state index contributed by atoms with van der Waals surface area (Å²) in [7, 11) is 0. The fourth-order valence-corrected chi connectivity index (χ4v) is 2.75. The minimum atomic E-state index is 0.104. The van der Waals surface area contributed by atoms with Gasteiger partial charge in [-0.3, -0.25) is 0 Å². The van der Waals surface area contributed by atoms with E-state index in [-0.39, 0.29) is 11.5 Å². The van der Waals surface area contributed by atoms with Crippen LogP contribution in [0.25, 0.3) is 0 Å². The fraction of sp³-hybridized carbons (Fsp3) is 0.444. The monoisotopic (exact) mass is 298 g/mol. The number of hydrogen-bond acceptors (Lipinski definition) is 4. The molecule has 2 aromatic rings. The normalized spacial score (nSPS) is 12.7. The van der Waals surface area contributed by atoms with Gasteiger partial charge in [-0.05, 0) is 37.3 Å². The average Bonchev–Trinajstić information content (AvgIpc) is 2.48. The van der Waals surface area contributed by atoms with Gasteiger partial charge in [0.1, 0.15) is 5.82 Å². The van der Waals surface area contributed by atoms with E-state index < -0.39 is 0 Å². The van der Waals surface area contributed by atoms with Crippen LogP contribution in [-0.2, 0) is 5.41 Å². The summed E-state index contributed by atoms with van der Waals surface area (Å²) in [6.07, 6.45) is 2.79. The van der Waals surface area contributed by atoms with E-state index in [0.29, 0.717) is 5.95 Å². The van der Waals surface area contributed by atoms with Crippen molar-refractivity contribution in [3.05, 3.63) is 48.2 Å². The third-order valence-electron chi connectivity index (χ3n) is 3.76. The highest BCUT2D eigenvalue weighted by molar-refractivity contribution is 5.39. The molecular formula is C18H26N4. The fourth-order valence-electron chi connectivity index (χ4n) is 2.75. The van der Waals surface area contributed by atoms with Crippen LogP contribution >= 0.6 is 0 Å². The van der Waals surface area contributed by atoms with E-state index in [1.54, 1.807) is 6.20 Å². The number of nitrogens with one attached hydrogen (secondary N) is 2. The maximum Gasteiger partial charge on any atom is 0.224 e. The zero-order chi connectivity index (χ0) is 16.0. The first kappa shape index (κ1) is 16.3. The Morgan fingerprint density at radius 2 is 1.86 bits per heavy atom. The van der Waals surface area contributed by atoms with Gasteiger partial charge in [-0.1, -0.05) is 44.2 Å². The van der Waals surface area contributed by atoms with E-state index in [1.807, 2.05) is 6.07 Å². The maximum absolute atomic E-state index is 4.47. The number of nitrogens with zero attached hydrogens (tertiary/aromatic N) is 2. The van der Waals surface area contributed by atoms with Crippen molar-refractivity contribution in [1.29, 1.82) is 0 Å².